The number of nitrogens with zero attached hydrogens (tertiary/aromatic N) is 1. The third-order valence-electron chi connectivity index (χ3n) is 4.93. The van der Waals surface area contributed by atoms with Gasteiger partial charge in [0.25, 0.3) is 5.91 Å². The van der Waals surface area contributed by atoms with Crippen LogP contribution in [0.25, 0.3) is 0 Å². The van der Waals surface area contributed by atoms with Crippen LogP contribution in [0.4, 0.5) is 5.69 Å². The standard InChI is InChI=1S/C24H33N3O2/c1-16(2)18-7-9-19(10-8-18)23(17(3)4)25-15-22(28)26-21-13-11-20(12-14-21)24(29)27(5)6/h7-14,16-17,23,25H,15H2,1-6H3,(H,26,28)/t23-/m0/s1. The van der Waals surface area contributed by atoms with Crippen molar-refractivity contribution in [1.29, 1.82) is 0 Å². The maximum absolute atomic E-state index is 12.4. The lowest BCUT2D eigenvalue weighted by molar-refractivity contribution is -0.115. The van der Waals surface area contributed by atoms with Gasteiger partial charge in [-0.1, -0.05) is 52.0 Å². The van der Waals surface area contributed by atoms with Gasteiger partial charge in [0.2, 0.25) is 5.91 Å². The molecular weight excluding hydrogens is 362 g/mol. The Labute approximate surface area is 174 Å². The van der Waals surface area contributed by atoms with Gasteiger partial charge in [-0.15, -0.1) is 0 Å². The van der Waals surface area contributed by atoms with Crippen molar-refractivity contribution in [3.63, 3.8) is 0 Å². The molecule has 0 aliphatic rings. The van der Waals surface area contributed by atoms with Crippen LogP contribution < -0.4 is 10.6 Å². The zero-order chi connectivity index (χ0) is 21.6. The summed E-state index contributed by atoms with van der Waals surface area (Å²) in [5.41, 5.74) is 3.76. The number of carbonyl (C=O) groups is 2. The number of benzene rings is 2. The minimum atomic E-state index is -0.110. The maximum Gasteiger partial charge on any atom is 0.253 e. The topological polar surface area (TPSA) is 61.4 Å². The molecule has 2 rings (SSSR count). The fourth-order valence-corrected chi connectivity index (χ4v) is 3.19. The van der Waals surface area contributed by atoms with E-state index >= 15 is 0 Å². The summed E-state index contributed by atoms with van der Waals surface area (Å²) in [5, 5.41) is 6.26. The zero-order valence-corrected chi connectivity index (χ0v) is 18.3. The third-order valence-corrected chi connectivity index (χ3v) is 4.93. The number of nitrogens with one attached hydrogen (secondary N) is 2. The number of amides is 2. The molecule has 0 fully saturated rings. The van der Waals surface area contributed by atoms with Gasteiger partial charge in [0.05, 0.1) is 6.54 Å². The third kappa shape index (κ3) is 6.43. The van der Waals surface area contributed by atoms with Gasteiger partial charge in [0.15, 0.2) is 0 Å². The Morgan fingerprint density at radius 2 is 1.41 bits per heavy atom. The van der Waals surface area contributed by atoms with Crippen LogP contribution >= 0.6 is 0 Å². The van der Waals surface area contributed by atoms with Gasteiger partial charge in [-0.05, 0) is 47.2 Å². The first-order valence-electron chi connectivity index (χ1n) is 10.1. The van der Waals surface area contributed by atoms with E-state index in [0.29, 0.717) is 23.1 Å². The number of carbonyl (C=O) groups excluding carboxylic acids is 2. The van der Waals surface area contributed by atoms with Crippen molar-refractivity contribution in [3.8, 4) is 0 Å². The molecule has 0 aromatic heterocycles. The van der Waals surface area contributed by atoms with Gasteiger partial charge in [0, 0.05) is 31.4 Å². The molecule has 156 valence electrons. The van der Waals surface area contributed by atoms with E-state index < -0.39 is 0 Å². The average molecular weight is 396 g/mol. The molecule has 0 bridgehead atoms. The summed E-state index contributed by atoms with van der Waals surface area (Å²) in [5.74, 6) is 0.678. The molecule has 0 saturated carbocycles. The highest BCUT2D eigenvalue weighted by molar-refractivity contribution is 5.96. The molecule has 2 aromatic rings. The predicted molar refractivity (Wildman–Crippen MR) is 119 cm³/mol. The fourth-order valence-electron chi connectivity index (χ4n) is 3.19. The van der Waals surface area contributed by atoms with Crippen LogP contribution in [-0.2, 0) is 4.79 Å². The van der Waals surface area contributed by atoms with E-state index in [4.69, 9.17) is 0 Å². The number of hydrogen-bond acceptors (Lipinski definition) is 3. The Hall–Kier alpha value is -2.66. The lowest BCUT2D eigenvalue weighted by Gasteiger charge is -2.23. The molecule has 1 atom stereocenters. The second-order valence-electron chi connectivity index (χ2n) is 8.25. The van der Waals surface area contributed by atoms with Crippen molar-refractivity contribution in [2.24, 2.45) is 5.92 Å². The van der Waals surface area contributed by atoms with Gasteiger partial charge in [-0.25, -0.2) is 0 Å². The van der Waals surface area contributed by atoms with Crippen LogP contribution in [0.1, 0.15) is 61.1 Å². The van der Waals surface area contributed by atoms with Crippen LogP contribution in [0.2, 0.25) is 0 Å². The van der Waals surface area contributed by atoms with Gasteiger partial charge >= 0.3 is 0 Å². The quantitative estimate of drug-likeness (QED) is 0.695. The zero-order valence-electron chi connectivity index (χ0n) is 18.3. The molecule has 0 aliphatic heterocycles. The van der Waals surface area contributed by atoms with E-state index in [0.717, 1.165) is 0 Å². The first-order valence-corrected chi connectivity index (χ1v) is 10.1. The predicted octanol–water partition coefficient (Wildman–Crippen LogP) is 4.44. The van der Waals surface area contributed by atoms with Gasteiger partial charge in [-0.3, -0.25) is 9.59 Å². The van der Waals surface area contributed by atoms with E-state index in [-0.39, 0.29) is 24.4 Å². The number of hydrogen-bond donors (Lipinski definition) is 2. The molecule has 2 N–H and O–H groups in total. The first-order chi connectivity index (χ1) is 13.7. The minimum absolute atomic E-state index is 0.0622. The van der Waals surface area contributed by atoms with E-state index in [1.165, 1.54) is 16.0 Å². The molecule has 0 unspecified atom stereocenters. The van der Waals surface area contributed by atoms with Crippen molar-refractivity contribution >= 4 is 17.5 Å². The van der Waals surface area contributed by atoms with Gasteiger partial charge in [-0.2, -0.15) is 0 Å². The monoisotopic (exact) mass is 395 g/mol. The highest BCUT2D eigenvalue weighted by Gasteiger charge is 2.17. The summed E-state index contributed by atoms with van der Waals surface area (Å²) in [6.07, 6.45) is 0. The molecule has 0 aliphatic carbocycles. The first kappa shape index (κ1) is 22.6. The SMILES string of the molecule is CC(C)c1ccc([C@@H](NCC(=O)Nc2ccc(C(=O)N(C)C)cc2)C(C)C)cc1. The van der Waals surface area contributed by atoms with E-state index in [1.807, 2.05) is 0 Å². The van der Waals surface area contributed by atoms with Crippen LogP contribution in [0.3, 0.4) is 0 Å². The van der Waals surface area contributed by atoms with Crippen molar-refractivity contribution in [3.05, 3.63) is 65.2 Å². The Morgan fingerprint density at radius 3 is 1.90 bits per heavy atom. The number of rotatable bonds is 8. The lowest BCUT2D eigenvalue weighted by Crippen LogP contribution is -2.33. The molecule has 2 aromatic carbocycles. The van der Waals surface area contributed by atoms with E-state index in [1.54, 1.807) is 38.4 Å². The molecule has 5 heteroatoms. The summed E-state index contributed by atoms with van der Waals surface area (Å²) in [6.45, 7) is 8.87. The van der Waals surface area contributed by atoms with Crippen LogP contribution in [0.15, 0.2) is 48.5 Å². The molecule has 2 amide bonds. The molecule has 5 nitrogen and oxygen atoms in total. The minimum Gasteiger partial charge on any atom is -0.345 e. The lowest BCUT2D eigenvalue weighted by atomic mass is 9.93. The molecule has 0 saturated heterocycles. The summed E-state index contributed by atoms with van der Waals surface area (Å²) in [7, 11) is 3.43. The van der Waals surface area contributed by atoms with Crippen molar-refractivity contribution in [2.45, 2.75) is 39.7 Å². The summed E-state index contributed by atoms with van der Waals surface area (Å²) < 4.78 is 0. The Balaban J connectivity index is 1.96. The summed E-state index contributed by atoms with van der Waals surface area (Å²) in [4.78, 5) is 25.9. The highest BCUT2D eigenvalue weighted by atomic mass is 16.2. The molecule has 0 spiro atoms. The Bertz CT molecular complexity index is 809. The molecular formula is C24H33N3O2. The summed E-state index contributed by atoms with van der Waals surface area (Å²) in [6, 6.07) is 15.6. The highest BCUT2D eigenvalue weighted by Crippen LogP contribution is 2.24. The maximum atomic E-state index is 12.4. The molecule has 0 heterocycles. The van der Waals surface area contributed by atoms with Gasteiger partial charge in [0.1, 0.15) is 0 Å². The Morgan fingerprint density at radius 1 is 0.862 bits per heavy atom. The van der Waals surface area contributed by atoms with Crippen molar-refractivity contribution < 1.29 is 9.59 Å². The smallest absolute Gasteiger partial charge is 0.253 e. The fraction of sp³-hybridized carbons (Fsp3) is 0.417. The average Bonchev–Trinajstić information content (AvgIpc) is 2.68. The number of anilines is 1. The molecule has 0 radical (unpaired) electrons. The summed E-state index contributed by atoms with van der Waals surface area (Å²) >= 11 is 0. The largest absolute Gasteiger partial charge is 0.345 e. The van der Waals surface area contributed by atoms with E-state index in [9.17, 15) is 9.59 Å². The Kier molecular flexibility index (Phi) is 7.97. The van der Waals surface area contributed by atoms with E-state index in [2.05, 4.69) is 62.6 Å². The van der Waals surface area contributed by atoms with Gasteiger partial charge < -0.3 is 15.5 Å². The van der Waals surface area contributed by atoms with Crippen LogP contribution in [-0.4, -0.2) is 37.4 Å². The second-order valence-corrected chi connectivity index (χ2v) is 8.25. The van der Waals surface area contributed by atoms with Crippen molar-refractivity contribution in [2.75, 3.05) is 26.0 Å². The van der Waals surface area contributed by atoms with Crippen LogP contribution in [0, 0.1) is 5.92 Å². The molecule has 29 heavy (non-hydrogen) atoms. The van der Waals surface area contributed by atoms with Crippen molar-refractivity contribution in [1.82, 2.24) is 10.2 Å². The second kappa shape index (κ2) is 10.2. The van der Waals surface area contributed by atoms with Crippen LogP contribution in [0.5, 0.6) is 0 Å². The normalized spacial score (nSPS) is 12.1.